The third-order valence-corrected chi connectivity index (χ3v) is 4.67. The van der Waals surface area contributed by atoms with Crippen LogP contribution < -0.4 is 11.1 Å². The standard InChI is InChI=1S/C14H11F3N2OS/c15-14(16,17)5-8-9-6-19-10-4-2-1-3-7(10)11(9)21-12(8)13(18)20/h1-4,19H,5-6H2,(H2,18,20). The fourth-order valence-corrected chi connectivity index (χ4v) is 3.74. The van der Waals surface area contributed by atoms with E-state index in [2.05, 4.69) is 5.32 Å². The summed E-state index contributed by atoms with van der Waals surface area (Å²) in [5, 5.41) is 3.08. The minimum atomic E-state index is -4.38. The first kappa shape index (κ1) is 13.9. The molecule has 3 N–H and O–H groups in total. The zero-order valence-corrected chi connectivity index (χ0v) is 11.6. The molecule has 3 nitrogen and oxygen atoms in total. The van der Waals surface area contributed by atoms with Crippen LogP contribution in [0.1, 0.15) is 20.8 Å². The number of carbonyl (C=O) groups excluding carboxylic acids is 1. The fourth-order valence-electron chi connectivity index (χ4n) is 2.51. The topological polar surface area (TPSA) is 55.1 Å². The lowest BCUT2D eigenvalue weighted by molar-refractivity contribution is -0.127. The van der Waals surface area contributed by atoms with Crippen molar-refractivity contribution in [1.82, 2.24) is 0 Å². The number of rotatable bonds is 2. The van der Waals surface area contributed by atoms with E-state index in [0.29, 0.717) is 10.4 Å². The number of fused-ring (bicyclic) bond motifs is 3. The molecule has 7 heteroatoms. The normalized spacial score (nSPS) is 13.3. The Morgan fingerprint density at radius 3 is 2.71 bits per heavy atom. The molecule has 1 aromatic carbocycles. The summed E-state index contributed by atoms with van der Waals surface area (Å²) in [5.74, 6) is -0.814. The van der Waals surface area contributed by atoms with Crippen molar-refractivity contribution in [1.29, 1.82) is 0 Å². The monoisotopic (exact) mass is 312 g/mol. The summed E-state index contributed by atoms with van der Waals surface area (Å²) in [6, 6.07) is 7.32. The lowest BCUT2D eigenvalue weighted by Crippen LogP contribution is -2.19. The summed E-state index contributed by atoms with van der Waals surface area (Å²) in [4.78, 5) is 12.2. The van der Waals surface area contributed by atoms with Gasteiger partial charge in [0, 0.05) is 22.7 Å². The predicted molar refractivity (Wildman–Crippen MR) is 75.4 cm³/mol. The van der Waals surface area contributed by atoms with Crippen LogP contribution in [-0.2, 0) is 13.0 Å². The van der Waals surface area contributed by atoms with E-state index in [4.69, 9.17) is 5.73 Å². The molecular weight excluding hydrogens is 301 g/mol. The van der Waals surface area contributed by atoms with Gasteiger partial charge in [-0.15, -0.1) is 11.3 Å². The van der Waals surface area contributed by atoms with Crippen LogP contribution in [0.5, 0.6) is 0 Å². The lowest BCUT2D eigenvalue weighted by Gasteiger charge is -2.19. The van der Waals surface area contributed by atoms with Crippen LogP contribution in [-0.4, -0.2) is 12.1 Å². The van der Waals surface area contributed by atoms with Crippen LogP contribution >= 0.6 is 11.3 Å². The highest BCUT2D eigenvalue weighted by Gasteiger charge is 2.35. The average Bonchev–Trinajstić information content (AvgIpc) is 2.76. The Balaban J connectivity index is 2.19. The molecule has 1 aliphatic rings. The van der Waals surface area contributed by atoms with E-state index in [1.54, 1.807) is 0 Å². The smallest absolute Gasteiger partial charge is 0.380 e. The second-order valence-corrected chi connectivity index (χ2v) is 5.79. The Hall–Kier alpha value is -2.02. The van der Waals surface area contributed by atoms with Crippen molar-refractivity contribution in [3.63, 3.8) is 0 Å². The van der Waals surface area contributed by atoms with Gasteiger partial charge in [-0.05, 0) is 17.2 Å². The summed E-state index contributed by atoms with van der Waals surface area (Å²) in [6.45, 7) is 0.265. The number of hydrogen-bond donors (Lipinski definition) is 2. The number of anilines is 1. The van der Waals surface area contributed by atoms with E-state index in [-0.39, 0.29) is 17.0 Å². The number of benzene rings is 1. The van der Waals surface area contributed by atoms with Crippen LogP contribution in [0.2, 0.25) is 0 Å². The fraction of sp³-hybridized carbons (Fsp3) is 0.214. The van der Waals surface area contributed by atoms with E-state index in [9.17, 15) is 18.0 Å². The highest BCUT2D eigenvalue weighted by molar-refractivity contribution is 7.17. The van der Waals surface area contributed by atoms with Crippen molar-refractivity contribution in [3.8, 4) is 10.4 Å². The molecule has 0 saturated heterocycles. The molecule has 1 amide bonds. The minimum Gasteiger partial charge on any atom is -0.380 e. The third-order valence-electron chi connectivity index (χ3n) is 3.34. The molecule has 1 aliphatic heterocycles. The summed E-state index contributed by atoms with van der Waals surface area (Å²) in [7, 11) is 0. The zero-order valence-electron chi connectivity index (χ0n) is 10.8. The zero-order chi connectivity index (χ0) is 15.2. The van der Waals surface area contributed by atoms with Gasteiger partial charge in [0.25, 0.3) is 5.91 Å². The predicted octanol–water partition coefficient (Wildman–Crippen LogP) is 3.54. The molecule has 0 atom stereocenters. The number of thiophene rings is 1. The van der Waals surface area contributed by atoms with Gasteiger partial charge >= 0.3 is 6.18 Å². The van der Waals surface area contributed by atoms with Crippen molar-refractivity contribution in [3.05, 3.63) is 40.3 Å². The summed E-state index contributed by atoms with van der Waals surface area (Å²) >= 11 is 1.04. The summed E-state index contributed by atoms with van der Waals surface area (Å²) < 4.78 is 38.3. The molecule has 0 bridgehead atoms. The van der Waals surface area contributed by atoms with E-state index in [0.717, 1.165) is 22.6 Å². The number of carbonyl (C=O) groups is 1. The molecule has 2 heterocycles. The first-order valence-corrected chi connectivity index (χ1v) is 7.03. The molecular formula is C14H11F3N2OS. The average molecular weight is 312 g/mol. The maximum Gasteiger partial charge on any atom is 0.393 e. The van der Waals surface area contributed by atoms with Crippen LogP contribution in [0, 0.1) is 0 Å². The first-order valence-electron chi connectivity index (χ1n) is 6.21. The second kappa shape index (κ2) is 4.77. The summed E-state index contributed by atoms with van der Waals surface area (Å²) in [6.07, 6.45) is -5.52. The van der Waals surface area contributed by atoms with Gasteiger partial charge in [0.1, 0.15) is 0 Å². The van der Waals surface area contributed by atoms with Crippen LogP contribution in [0.25, 0.3) is 10.4 Å². The molecule has 0 unspecified atom stereocenters. The number of primary amides is 1. The Morgan fingerprint density at radius 1 is 1.33 bits per heavy atom. The van der Waals surface area contributed by atoms with Gasteiger partial charge in [-0.25, -0.2) is 0 Å². The SMILES string of the molecule is NC(=O)c1sc2c(c1CC(F)(F)F)CNc1ccccc1-2. The molecule has 3 rings (SSSR count). The van der Waals surface area contributed by atoms with Gasteiger partial charge in [-0.1, -0.05) is 18.2 Å². The van der Waals surface area contributed by atoms with Crippen molar-refractivity contribution in [2.45, 2.75) is 19.1 Å². The van der Waals surface area contributed by atoms with E-state index in [1.165, 1.54) is 0 Å². The number of amides is 1. The molecule has 0 aliphatic carbocycles. The first-order chi connectivity index (χ1) is 9.87. The molecule has 0 fully saturated rings. The summed E-state index contributed by atoms with van der Waals surface area (Å²) in [5.41, 5.74) is 7.42. The third kappa shape index (κ3) is 2.49. The Labute approximate surface area is 122 Å². The van der Waals surface area contributed by atoms with E-state index in [1.807, 2.05) is 24.3 Å². The Morgan fingerprint density at radius 2 is 2.05 bits per heavy atom. The van der Waals surface area contributed by atoms with Gasteiger partial charge in [0.15, 0.2) is 0 Å². The van der Waals surface area contributed by atoms with Gasteiger partial charge in [0.05, 0.1) is 11.3 Å². The van der Waals surface area contributed by atoms with Crippen LogP contribution in [0.3, 0.4) is 0 Å². The van der Waals surface area contributed by atoms with Crippen molar-refractivity contribution >= 4 is 22.9 Å². The second-order valence-electron chi connectivity index (χ2n) is 4.77. The Kier molecular flexibility index (Phi) is 3.16. The van der Waals surface area contributed by atoms with E-state index < -0.39 is 18.5 Å². The minimum absolute atomic E-state index is 0.00277. The highest BCUT2D eigenvalue weighted by atomic mass is 32.1. The number of para-hydroxylation sites is 1. The molecule has 0 radical (unpaired) electrons. The maximum atomic E-state index is 12.8. The van der Waals surface area contributed by atoms with Gasteiger partial charge in [0.2, 0.25) is 0 Å². The molecule has 0 saturated carbocycles. The lowest BCUT2D eigenvalue weighted by atomic mass is 9.97. The van der Waals surface area contributed by atoms with Gasteiger partial charge < -0.3 is 11.1 Å². The molecule has 110 valence electrons. The van der Waals surface area contributed by atoms with Crippen LogP contribution in [0.4, 0.5) is 18.9 Å². The number of nitrogens with two attached hydrogens (primary N) is 1. The largest absolute Gasteiger partial charge is 0.393 e. The molecule has 21 heavy (non-hydrogen) atoms. The number of hydrogen-bond acceptors (Lipinski definition) is 3. The van der Waals surface area contributed by atoms with Crippen molar-refractivity contribution in [2.75, 3.05) is 5.32 Å². The number of nitrogens with one attached hydrogen (secondary N) is 1. The number of halogens is 3. The van der Waals surface area contributed by atoms with E-state index >= 15 is 0 Å². The van der Waals surface area contributed by atoms with Crippen LogP contribution in [0.15, 0.2) is 24.3 Å². The molecule has 0 spiro atoms. The van der Waals surface area contributed by atoms with Gasteiger partial charge in [-0.2, -0.15) is 13.2 Å². The Bertz CT molecular complexity index is 721. The van der Waals surface area contributed by atoms with Gasteiger partial charge in [-0.3, -0.25) is 4.79 Å². The highest BCUT2D eigenvalue weighted by Crippen LogP contribution is 2.44. The van der Waals surface area contributed by atoms with Crippen molar-refractivity contribution < 1.29 is 18.0 Å². The molecule has 2 aromatic rings. The molecule has 1 aromatic heterocycles. The quantitative estimate of drug-likeness (QED) is 0.891. The maximum absolute atomic E-state index is 12.8. The van der Waals surface area contributed by atoms with Crippen molar-refractivity contribution in [2.24, 2.45) is 5.73 Å². The number of alkyl halides is 3.